The molecule has 6 heteroatoms. The van der Waals surface area contributed by atoms with E-state index in [4.69, 9.17) is 11.6 Å². The number of carbonyl (C=O) groups excluding carboxylic acids is 1. The van der Waals surface area contributed by atoms with Gasteiger partial charge in [-0.05, 0) is 18.9 Å². The van der Waals surface area contributed by atoms with Crippen molar-refractivity contribution in [2.75, 3.05) is 7.05 Å². The van der Waals surface area contributed by atoms with Gasteiger partial charge in [-0.25, -0.2) is 4.98 Å². The minimum absolute atomic E-state index is 0.0353. The molecule has 0 atom stereocenters. The molecule has 1 fully saturated rings. The van der Waals surface area contributed by atoms with Gasteiger partial charge in [0.15, 0.2) is 10.1 Å². The van der Waals surface area contributed by atoms with Crippen LogP contribution in [-0.2, 0) is 4.79 Å². The van der Waals surface area contributed by atoms with Gasteiger partial charge in [0, 0.05) is 30.7 Å². The van der Waals surface area contributed by atoms with Gasteiger partial charge in [0.1, 0.15) is 0 Å². The molecule has 0 bridgehead atoms. The monoisotopic (exact) mass is 337 g/mol. The molecule has 0 saturated heterocycles. The van der Waals surface area contributed by atoms with Gasteiger partial charge in [-0.2, -0.15) is 0 Å². The number of hydrogen-bond acceptors (Lipinski definition) is 3. The Morgan fingerprint density at radius 3 is 2.86 bits per heavy atom. The van der Waals surface area contributed by atoms with Crippen molar-refractivity contribution in [3.63, 3.8) is 0 Å². The molecule has 4 nitrogen and oxygen atoms in total. The first-order valence-corrected chi connectivity index (χ1v) is 8.98. The maximum absolute atomic E-state index is 12.4. The number of imidazole rings is 1. The number of fused-ring (bicyclic) bond motifs is 1. The van der Waals surface area contributed by atoms with E-state index in [0.717, 1.165) is 23.5 Å². The molecule has 0 N–H and O–H groups in total. The normalized spacial score (nSPS) is 17.2. The van der Waals surface area contributed by atoms with Gasteiger partial charge < -0.3 is 4.90 Å². The van der Waals surface area contributed by atoms with Crippen molar-refractivity contribution in [3.8, 4) is 0 Å². The topological polar surface area (TPSA) is 37.6 Å². The number of halogens is 1. The van der Waals surface area contributed by atoms with Crippen molar-refractivity contribution in [2.24, 2.45) is 0 Å². The molecule has 2 aromatic rings. The Morgan fingerprint density at radius 2 is 2.14 bits per heavy atom. The fourth-order valence-corrected chi connectivity index (χ4v) is 4.02. The second-order valence-corrected chi connectivity index (χ2v) is 7.00. The highest BCUT2D eigenvalue weighted by Crippen LogP contribution is 2.23. The molecule has 0 unspecified atom stereocenters. The zero-order valence-corrected chi connectivity index (χ0v) is 14.2. The first-order valence-electron chi connectivity index (χ1n) is 7.73. The minimum Gasteiger partial charge on any atom is -0.339 e. The molecule has 3 rings (SSSR count). The molecule has 22 heavy (non-hydrogen) atoms. The van der Waals surface area contributed by atoms with Gasteiger partial charge in [0.25, 0.3) is 0 Å². The summed E-state index contributed by atoms with van der Waals surface area (Å²) in [5.41, 5.74) is 0.764. The predicted octanol–water partition coefficient (Wildman–Crippen LogP) is 4.24. The number of rotatable bonds is 3. The molecule has 2 aromatic heterocycles. The quantitative estimate of drug-likeness (QED) is 0.620. The molecule has 118 valence electrons. The van der Waals surface area contributed by atoms with Gasteiger partial charge in [-0.15, -0.1) is 11.3 Å². The van der Waals surface area contributed by atoms with Crippen molar-refractivity contribution in [1.82, 2.24) is 14.3 Å². The van der Waals surface area contributed by atoms with Gasteiger partial charge in [0.05, 0.1) is 5.69 Å². The minimum atomic E-state index is 0.0353. The van der Waals surface area contributed by atoms with Crippen LogP contribution in [0.2, 0.25) is 5.15 Å². The first kappa shape index (κ1) is 15.6. The molecule has 0 aliphatic heterocycles. The van der Waals surface area contributed by atoms with Crippen molar-refractivity contribution in [2.45, 2.75) is 44.6 Å². The van der Waals surface area contributed by atoms with E-state index in [1.807, 2.05) is 27.9 Å². The van der Waals surface area contributed by atoms with Crippen LogP contribution in [0, 0.1) is 0 Å². The summed E-state index contributed by atoms with van der Waals surface area (Å²) in [6.45, 7) is 0. The summed E-state index contributed by atoms with van der Waals surface area (Å²) in [5, 5.41) is 2.39. The summed E-state index contributed by atoms with van der Waals surface area (Å²) < 4.78 is 1.91. The Morgan fingerprint density at radius 1 is 1.41 bits per heavy atom. The lowest BCUT2D eigenvalue weighted by Crippen LogP contribution is -2.35. The second kappa shape index (κ2) is 6.84. The summed E-state index contributed by atoms with van der Waals surface area (Å²) in [5.74, 6) is 0.0353. The first-order chi connectivity index (χ1) is 10.7. The van der Waals surface area contributed by atoms with Crippen molar-refractivity contribution >= 4 is 39.9 Å². The third-order valence-electron chi connectivity index (χ3n) is 4.36. The molecule has 1 saturated carbocycles. The third kappa shape index (κ3) is 3.20. The smallest absolute Gasteiger partial charge is 0.246 e. The summed E-state index contributed by atoms with van der Waals surface area (Å²) >= 11 is 7.67. The number of amides is 1. The Balaban J connectivity index is 1.72. The highest BCUT2D eigenvalue weighted by atomic mass is 35.5. The lowest BCUT2D eigenvalue weighted by atomic mass is 10.1. The fourth-order valence-electron chi connectivity index (χ4n) is 3.02. The number of nitrogens with zero attached hydrogens (tertiary/aromatic N) is 3. The molecule has 0 aromatic carbocycles. The van der Waals surface area contributed by atoms with Gasteiger partial charge in [-0.3, -0.25) is 9.20 Å². The number of likely N-dealkylation sites (N-methyl/N-ethyl adjacent to an activating group) is 1. The standard InChI is InChI=1S/C16H20ClN3OS/c1-19(12-6-4-2-3-5-7-12)14(21)9-8-13-15(17)18-16-20(13)10-11-22-16/h8-12H,2-7H2,1H3/b9-8+. The zero-order chi connectivity index (χ0) is 15.5. The van der Waals surface area contributed by atoms with E-state index in [-0.39, 0.29) is 5.91 Å². The molecule has 1 aliphatic carbocycles. The lowest BCUT2D eigenvalue weighted by molar-refractivity contribution is -0.126. The second-order valence-electron chi connectivity index (χ2n) is 5.77. The highest BCUT2D eigenvalue weighted by Gasteiger charge is 2.19. The number of carbonyl (C=O) groups is 1. The molecule has 1 aliphatic rings. The maximum Gasteiger partial charge on any atom is 0.246 e. The molecular weight excluding hydrogens is 318 g/mol. The van der Waals surface area contributed by atoms with E-state index in [2.05, 4.69) is 4.98 Å². The average molecular weight is 338 g/mol. The molecular formula is C16H20ClN3OS. The van der Waals surface area contributed by atoms with Crippen LogP contribution in [0.4, 0.5) is 0 Å². The van der Waals surface area contributed by atoms with Gasteiger partial charge in [-0.1, -0.05) is 37.3 Å². The van der Waals surface area contributed by atoms with Crippen LogP contribution in [0.3, 0.4) is 0 Å². The molecule has 0 spiro atoms. The number of aromatic nitrogens is 2. The van der Waals surface area contributed by atoms with Crippen LogP contribution < -0.4 is 0 Å². The fraction of sp³-hybridized carbons (Fsp3) is 0.500. The van der Waals surface area contributed by atoms with E-state index in [9.17, 15) is 4.79 Å². The predicted molar refractivity (Wildman–Crippen MR) is 91.4 cm³/mol. The van der Waals surface area contributed by atoms with Crippen LogP contribution in [0.15, 0.2) is 17.7 Å². The zero-order valence-electron chi connectivity index (χ0n) is 12.7. The SMILES string of the molecule is CN(C(=O)/C=C/c1c(Cl)nc2sccn12)C1CCCCCC1. The molecule has 1 amide bonds. The van der Waals surface area contributed by atoms with Crippen molar-refractivity contribution in [3.05, 3.63) is 28.5 Å². The van der Waals surface area contributed by atoms with Crippen molar-refractivity contribution in [1.29, 1.82) is 0 Å². The van der Waals surface area contributed by atoms with E-state index in [1.54, 1.807) is 12.2 Å². The van der Waals surface area contributed by atoms with Crippen LogP contribution in [-0.4, -0.2) is 33.3 Å². The third-order valence-corrected chi connectivity index (χ3v) is 5.39. The average Bonchev–Trinajstić information content (AvgIpc) is 2.94. The Kier molecular flexibility index (Phi) is 4.84. The van der Waals surface area contributed by atoms with Crippen LogP contribution in [0.1, 0.15) is 44.2 Å². The lowest BCUT2D eigenvalue weighted by Gasteiger charge is -2.26. The van der Waals surface area contributed by atoms with E-state index >= 15 is 0 Å². The Bertz CT molecular complexity index is 683. The Hall–Kier alpha value is -1.33. The largest absolute Gasteiger partial charge is 0.339 e. The number of thiazole rings is 1. The Labute approximate surface area is 139 Å². The summed E-state index contributed by atoms with van der Waals surface area (Å²) in [6.07, 6.45) is 12.5. The summed E-state index contributed by atoms with van der Waals surface area (Å²) in [4.78, 5) is 19.4. The van der Waals surface area contributed by atoms with Crippen LogP contribution >= 0.6 is 22.9 Å². The molecule has 2 heterocycles. The van der Waals surface area contributed by atoms with Crippen molar-refractivity contribution < 1.29 is 4.79 Å². The summed E-state index contributed by atoms with van der Waals surface area (Å²) in [7, 11) is 1.90. The highest BCUT2D eigenvalue weighted by molar-refractivity contribution is 7.15. The summed E-state index contributed by atoms with van der Waals surface area (Å²) in [6, 6.07) is 0.363. The van der Waals surface area contributed by atoms with E-state index in [1.165, 1.54) is 37.0 Å². The maximum atomic E-state index is 12.4. The number of hydrogen-bond donors (Lipinski definition) is 0. The van der Waals surface area contributed by atoms with Crippen LogP contribution in [0.5, 0.6) is 0 Å². The van der Waals surface area contributed by atoms with Gasteiger partial charge in [0.2, 0.25) is 5.91 Å². The van der Waals surface area contributed by atoms with E-state index in [0.29, 0.717) is 11.2 Å². The molecule has 0 radical (unpaired) electrons. The van der Waals surface area contributed by atoms with Crippen LogP contribution in [0.25, 0.3) is 11.0 Å². The van der Waals surface area contributed by atoms with E-state index < -0.39 is 0 Å². The van der Waals surface area contributed by atoms with Gasteiger partial charge >= 0.3 is 0 Å².